The number of sulfonamides is 1. The van der Waals surface area contributed by atoms with E-state index < -0.39 is 27.5 Å². The van der Waals surface area contributed by atoms with Crippen molar-refractivity contribution in [2.75, 3.05) is 29.9 Å². The summed E-state index contributed by atoms with van der Waals surface area (Å²) in [6.45, 7) is 1.10. The Hall–Kier alpha value is -4.57. The van der Waals surface area contributed by atoms with Crippen LogP contribution < -0.4 is 20.5 Å². The second kappa shape index (κ2) is 12.1. The standard InChI is InChI=1S/C26H25F3N6O6S/c27-17-4-1-14(2-5-17)7-10-40-20-11-15(3-6-18(20)35-42(37,38)26(28)29)23-22(24(30)36)25(33-32-23)31-21-12-19(41-34-21)16-8-9-39-13-16/h1-6,11-12,16,26,35H,7-10,13H2,(H2,30,36)(H2,31,32,33,34)/t16-/m0/s1. The lowest BCUT2D eigenvalue weighted by Gasteiger charge is -2.15. The van der Waals surface area contributed by atoms with Gasteiger partial charge >= 0.3 is 5.76 Å². The van der Waals surface area contributed by atoms with Gasteiger partial charge < -0.3 is 25.0 Å². The molecule has 42 heavy (non-hydrogen) atoms. The SMILES string of the molecule is NC(=O)c1c(-c2ccc(NS(=O)(=O)C(F)F)c(OCCc3ccc(F)cc3)c2)n[nH]c1Nc1cc([C@H]2CCOC2)on1. The molecule has 0 bridgehead atoms. The molecular weight excluding hydrogens is 581 g/mol. The summed E-state index contributed by atoms with van der Waals surface area (Å²) in [4.78, 5) is 12.5. The van der Waals surface area contributed by atoms with Crippen LogP contribution in [0.25, 0.3) is 11.3 Å². The van der Waals surface area contributed by atoms with E-state index in [9.17, 15) is 26.4 Å². The maximum absolute atomic E-state index is 13.2. The Bertz CT molecular complexity index is 1670. The number of nitrogens with one attached hydrogen (secondary N) is 3. The molecule has 0 spiro atoms. The molecule has 0 aliphatic carbocycles. The minimum atomic E-state index is -5.02. The first-order chi connectivity index (χ1) is 20.1. The lowest BCUT2D eigenvalue weighted by atomic mass is 10.1. The summed E-state index contributed by atoms with van der Waals surface area (Å²) < 4.78 is 81.4. The van der Waals surface area contributed by atoms with Gasteiger partial charge in [-0.1, -0.05) is 23.4 Å². The molecule has 1 aliphatic rings. The molecule has 12 nitrogen and oxygen atoms in total. The summed E-state index contributed by atoms with van der Waals surface area (Å²) in [5.41, 5.74) is 6.40. The van der Waals surface area contributed by atoms with Crippen molar-refractivity contribution in [2.45, 2.75) is 24.5 Å². The molecule has 1 saturated heterocycles. The van der Waals surface area contributed by atoms with Gasteiger partial charge in [-0.2, -0.15) is 13.9 Å². The summed E-state index contributed by atoms with van der Waals surface area (Å²) in [5.74, 6) is -4.01. The average Bonchev–Trinajstić information content (AvgIpc) is 3.72. The van der Waals surface area contributed by atoms with Crippen molar-refractivity contribution in [3.8, 4) is 17.0 Å². The molecule has 3 heterocycles. The van der Waals surface area contributed by atoms with Gasteiger partial charge in [0.2, 0.25) is 0 Å². The molecule has 1 atom stereocenters. The average molecular weight is 607 g/mol. The quantitative estimate of drug-likeness (QED) is 0.185. The molecule has 4 aromatic rings. The number of alkyl halides is 2. The molecule has 5 rings (SSSR count). The van der Waals surface area contributed by atoms with Gasteiger partial charge in [-0.3, -0.25) is 14.6 Å². The number of H-pyrrole nitrogens is 1. The summed E-state index contributed by atoms with van der Waals surface area (Å²) >= 11 is 0. The smallest absolute Gasteiger partial charge is 0.355 e. The third-order valence-electron chi connectivity index (χ3n) is 6.43. The van der Waals surface area contributed by atoms with Crippen LogP contribution >= 0.6 is 0 Å². The number of amides is 1. The van der Waals surface area contributed by atoms with E-state index in [0.29, 0.717) is 25.4 Å². The van der Waals surface area contributed by atoms with Gasteiger partial charge in [-0.25, -0.2) is 12.8 Å². The number of primary amides is 1. The second-order valence-corrected chi connectivity index (χ2v) is 11.0. The Morgan fingerprint density at radius 2 is 1.98 bits per heavy atom. The highest BCUT2D eigenvalue weighted by molar-refractivity contribution is 7.93. The first kappa shape index (κ1) is 28.9. The Morgan fingerprint density at radius 3 is 2.67 bits per heavy atom. The number of anilines is 3. The molecule has 5 N–H and O–H groups in total. The van der Waals surface area contributed by atoms with Crippen LogP contribution in [0.3, 0.4) is 0 Å². The van der Waals surface area contributed by atoms with Crippen LogP contribution in [0.5, 0.6) is 5.75 Å². The van der Waals surface area contributed by atoms with E-state index in [1.54, 1.807) is 18.2 Å². The van der Waals surface area contributed by atoms with Crippen LogP contribution in [0.2, 0.25) is 0 Å². The van der Waals surface area contributed by atoms with Crippen molar-refractivity contribution < 1.29 is 40.4 Å². The molecule has 0 radical (unpaired) electrons. The number of rotatable bonds is 12. The second-order valence-electron chi connectivity index (χ2n) is 9.33. The highest BCUT2D eigenvalue weighted by atomic mass is 32.2. The molecule has 0 saturated carbocycles. The zero-order valence-corrected chi connectivity index (χ0v) is 22.6. The Morgan fingerprint density at radius 1 is 1.19 bits per heavy atom. The van der Waals surface area contributed by atoms with Crippen molar-refractivity contribution in [3.05, 3.63) is 71.2 Å². The van der Waals surface area contributed by atoms with Crippen molar-refractivity contribution in [1.82, 2.24) is 15.4 Å². The molecule has 1 fully saturated rings. The molecule has 1 aliphatic heterocycles. The van der Waals surface area contributed by atoms with E-state index in [1.807, 2.05) is 4.72 Å². The zero-order valence-electron chi connectivity index (χ0n) is 21.8. The van der Waals surface area contributed by atoms with Gasteiger partial charge in [-0.05, 0) is 36.2 Å². The topological polar surface area (TPSA) is 174 Å². The van der Waals surface area contributed by atoms with E-state index in [-0.39, 0.29) is 52.4 Å². The van der Waals surface area contributed by atoms with E-state index >= 15 is 0 Å². The predicted octanol–water partition coefficient (Wildman–Crippen LogP) is 4.14. The maximum atomic E-state index is 13.2. The number of ether oxygens (including phenoxy) is 2. The van der Waals surface area contributed by atoms with Crippen molar-refractivity contribution in [1.29, 1.82) is 0 Å². The number of carbonyl (C=O) groups is 1. The molecule has 222 valence electrons. The first-order valence-electron chi connectivity index (χ1n) is 12.6. The fourth-order valence-corrected chi connectivity index (χ4v) is 4.87. The Labute approximate surface area is 237 Å². The Kier molecular flexibility index (Phi) is 8.35. The Balaban J connectivity index is 1.42. The van der Waals surface area contributed by atoms with Gasteiger partial charge in [0.15, 0.2) is 5.82 Å². The summed E-state index contributed by atoms with van der Waals surface area (Å²) in [6, 6.07) is 11.2. The molecule has 1 amide bonds. The largest absolute Gasteiger partial charge is 0.491 e. The minimum absolute atomic E-state index is 0.0188. The maximum Gasteiger partial charge on any atom is 0.355 e. The molecule has 2 aromatic carbocycles. The molecular formula is C26H25F3N6O6S. The van der Waals surface area contributed by atoms with E-state index in [1.165, 1.54) is 30.3 Å². The number of carbonyl (C=O) groups excluding carboxylic acids is 1. The lowest BCUT2D eigenvalue weighted by Crippen LogP contribution is -2.21. The third-order valence-corrected chi connectivity index (χ3v) is 7.40. The molecule has 16 heteroatoms. The van der Waals surface area contributed by atoms with Crippen LogP contribution in [0, 0.1) is 5.82 Å². The highest BCUT2D eigenvalue weighted by Crippen LogP contribution is 2.35. The number of halogens is 3. The number of benzene rings is 2. The molecule has 2 aromatic heterocycles. The highest BCUT2D eigenvalue weighted by Gasteiger charge is 2.27. The van der Waals surface area contributed by atoms with Crippen molar-refractivity contribution >= 4 is 33.3 Å². The predicted molar refractivity (Wildman–Crippen MR) is 145 cm³/mol. The van der Waals surface area contributed by atoms with Gasteiger partial charge in [0.05, 0.1) is 18.9 Å². The normalized spacial score (nSPS) is 15.2. The van der Waals surface area contributed by atoms with Crippen molar-refractivity contribution in [2.24, 2.45) is 5.73 Å². The first-order valence-corrected chi connectivity index (χ1v) is 14.2. The van der Waals surface area contributed by atoms with Crippen molar-refractivity contribution in [3.63, 3.8) is 0 Å². The monoisotopic (exact) mass is 606 g/mol. The molecule has 0 unspecified atom stereocenters. The van der Waals surface area contributed by atoms with E-state index in [0.717, 1.165) is 12.0 Å². The van der Waals surface area contributed by atoms with Crippen LogP contribution in [0.15, 0.2) is 53.1 Å². The minimum Gasteiger partial charge on any atom is -0.491 e. The van der Waals surface area contributed by atoms with Crippen LogP contribution in [0.4, 0.5) is 30.5 Å². The fraction of sp³-hybridized carbons (Fsp3) is 0.269. The number of nitrogens with zero attached hydrogens (tertiary/aromatic N) is 2. The summed E-state index contributed by atoms with van der Waals surface area (Å²) in [5, 5.41) is 13.8. The summed E-state index contributed by atoms with van der Waals surface area (Å²) in [6.07, 6.45) is 1.08. The summed E-state index contributed by atoms with van der Waals surface area (Å²) in [7, 11) is -5.02. The van der Waals surface area contributed by atoms with E-state index in [4.69, 9.17) is 19.7 Å². The fourth-order valence-electron chi connectivity index (χ4n) is 4.31. The van der Waals surface area contributed by atoms with Crippen LogP contribution in [0.1, 0.15) is 34.0 Å². The number of aromatic amines is 1. The van der Waals surface area contributed by atoms with E-state index in [2.05, 4.69) is 20.7 Å². The van der Waals surface area contributed by atoms with Gasteiger partial charge in [-0.15, -0.1) is 0 Å². The van der Waals surface area contributed by atoms with Gasteiger partial charge in [0.1, 0.15) is 34.4 Å². The zero-order chi connectivity index (χ0) is 29.9. The number of nitrogens with two attached hydrogens (primary N) is 1. The number of hydrogen-bond acceptors (Lipinski definition) is 9. The number of aromatic nitrogens is 3. The van der Waals surface area contributed by atoms with Gasteiger partial charge in [0, 0.05) is 30.6 Å². The van der Waals surface area contributed by atoms with Crippen LogP contribution in [-0.2, 0) is 21.2 Å². The van der Waals surface area contributed by atoms with Gasteiger partial charge in [0.25, 0.3) is 15.9 Å². The third kappa shape index (κ3) is 6.49. The lowest BCUT2D eigenvalue weighted by molar-refractivity contribution is 0.100. The number of hydrogen-bond donors (Lipinski definition) is 4. The van der Waals surface area contributed by atoms with Crippen LogP contribution in [-0.4, -0.2) is 55.3 Å².